The number of hydrogen-bond donors (Lipinski definition) is 1. The topological polar surface area (TPSA) is 46.2 Å². The molecule has 1 saturated heterocycles. The number of nitrogens with one attached hydrogen (secondary N) is 1. The van der Waals surface area contributed by atoms with Crippen LogP contribution in [-0.2, 0) is 4.79 Å². The van der Waals surface area contributed by atoms with E-state index in [4.69, 9.17) is 11.6 Å². The Morgan fingerprint density at radius 3 is 2.81 bits per heavy atom. The first-order valence-electron chi connectivity index (χ1n) is 4.90. The third-order valence-corrected chi connectivity index (χ3v) is 3.70. The Labute approximate surface area is 103 Å². The number of hydrogen-bond acceptors (Lipinski definition) is 3. The lowest BCUT2D eigenvalue weighted by atomic mass is 10.2. The molecule has 2 rings (SSSR count). The van der Waals surface area contributed by atoms with Crippen LogP contribution in [0.4, 0.5) is 0 Å². The van der Waals surface area contributed by atoms with Crippen molar-refractivity contribution in [2.75, 3.05) is 5.75 Å². The molecule has 1 aromatic rings. The molecule has 1 atom stereocenters. The van der Waals surface area contributed by atoms with Gasteiger partial charge < -0.3 is 5.32 Å². The number of amides is 1. The molecule has 16 heavy (non-hydrogen) atoms. The molecule has 0 bridgehead atoms. The van der Waals surface area contributed by atoms with Gasteiger partial charge in [-0.05, 0) is 18.6 Å². The number of carbonyl (C=O) groups excluding carboxylic acids is 2. The van der Waals surface area contributed by atoms with E-state index < -0.39 is 0 Å². The first kappa shape index (κ1) is 11.5. The Hall–Kier alpha value is -1.00. The standard InChI is InChI=1S/C11H10ClNO2S/c12-8-4-2-1-3-7(8)10(14)13-9-5-6-16-11(9)15/h1-4,9H,5-6H2,(H,13,14). The Bertz CT molecular complexity index is 436. The highest BCUT2D eigenvalue weighted by Gasteiger charge is 2.27. The zero-order valence-corrected chi connectivity index (χ0v) is 9.98. The average molecular weight is 256 g/mol. The number of rotatable bonds is 2. The number of benzene rings is 1. The maximum absolute atomic E-state index is 11.8. The third kappa shape index (κ3) is 2.39. The molecule has 1 aromatic carbocycles. The first-order chi connectivity index (χ1) is 7.68. The number of halogens is 1. The molecule has 0 aromatic heterocycles. The fourth-order valence-electron chi connectivity index (χ4n) is 1.51. The second-order valence-electron chi connectivity index (χ2n) is 3.46. The zero-order valence-electron chi connectivity index (χ0n) is 8.40. The molecule has 0 saturated carbocycles. The fourth-order valence-corrected chi connectivity index (χ4v) is 2.66. The van der Waals surface area contributed by atoms with E-state index in [2.05, 4.69) is 5.32 Å². The zero-order chi connectivity index (χ0) is 11.5. The summed E-state index contributed by atoms with van der Waals surface area (Å²) in [6, 6.07) is 6.43. The molecule has 84 valence electrons. The molecule has 1 fully saturated rings. The van der Waals surface area contributed by atoms with Crippen LogP contribution >= 0.6 is 23.4 Å². The van der Waals surface area contributed by atoms with Crippen molar-refractivity contribution in [3.63, 3.8) is 0 Å². The smallest absolute Gasteiger partial charge is 0.253 e. The molecule has 1 aliphatic heterocycles. The molecule has 1 unspecified atom stereocenters. The summed E-state index contributed by atoms with van der Waals surface area (Å²) in [6.07, 6.45) is 0.694. The van der Waals surface area contributed by atoms with Gasteiger partial charge in [-0.1, -0.05) is 35.5 Å². The number of thioether (sulfide) groups is 1. The van der Waals surface area contributed by atoms with Crippen LogP contribution in [0.5, 0.6) is 0 Å². The highest BCUT2D eigenvalue weighted by atomic mass is 35.5. The predicted molar refractivity (Wildman–Crippen MR) is 64.8 cm³/mol. The molecular weight excluding hydrogens is 246 g/mol. The van der Waals surface area contributed by atoms with E-state index in [-0.39, 0.29) is 17.1 Å². The lowest BCUT2D eigenvalue weighted by Gasteiger charge is -2.10. The van der Waals surface area contributed by atoms with Gasteiger partial charge in [0.2, 0.25) is 5.12 Å². The molecule has 1 aliphatic rings. The van der Waals surface area contributed by atoms with Crippen LogP contribution in [0.1, 0.15) is 16.8 Å². The maximum Gasteiger partial charge on any atom is 0.253 e. The summed E-state index contributed by atoms with van der Waals surface area (Å²) in [6.45, 7) is 0. The third-order valence-electron chi connectivity index (χ3n) is 2.36. The van der Waals surface area contributed by atoms with Gasteiger partial charge in [-0.2, -0.15) is 0 Å². The maximum atomic E-state index is 11.8. The summed E-state index contributed by atoms with van der Waals surface area (Å²) >= 11 is 7.15. The highest BCUT2D eigenvalue weighted by molar-refractivity contribution is 8.14. The van der Waals surface area contributed by atoms with Gasteiger partial charge in [0, 0.05) is 5.75 Å². The van der Waals surface area contributed by atoms with E-state index in [0.29, 0.717) is 17.0 Å². The summed E-state index contributed by atoms with van der Waals surface area (Å²) in [5.41, 5.74) is 0.411. The minimum atomic E-state index is -0.367. The van der Waals surface area contributed by atoms with Crippen molar-refractivity contribution in [2.24, 2.45) is 0 Å². The summed E-state index contributed by atoms with van der Waals surface area (Å²) in [5, 5.41) is 3.12. The molecule has 0 radical (unpaired) electrons. The number of carbonyl (C=O) groups is 2. The highest BCUT2D eigenvalue weighted by Crippen LogP contribution is 2.21. The van der Waals surface area contributed by atoms with Crippen molar-refractivity contribution in [3.05, 3.63) is 34.9 Å². The summed E-state index contributed by atoms with van der Waals surface area (Å²) in [4.78, 5) is 23.2. The van der Waals surface area contributed by atoms with Gasteiger partial charge >= 0.3 is 0 Å². The first-order valence-corrected chi connectivity index (χ1v) is 6.27. The van der Waals surface area contributed by atoms with Crippen molar-refractivity contribution in [1.82, 2.24) is 5.32 Å². The van der Waals surface area contributed by atoms with Gasteiger partial charge in [-0.3, -0.25) is 9.59 Å². The molecule has 1 N–H and O–H groups in total. The van der Waals surface area contributed by atoms with E-state index in [0.717, 1.165) is 5.75 Å². The molecular formula is C11H10ClNO2S. The second kappa shape index (κ2) is 4.89. The van der Waals surface area contributed by atoms with Crippen molar-refractivity contribution in [1.29, 1.82) is 0 Å². The predicted octanol–water partition coefficient (Wildman–Crippen LogP) is 2.10. The van der Waals surface area contributed by atoms with E-state index in [1.54, 1.807) is 24.3 Å². The van der Waals surface area contributed by atoms with Crippen LogP contribution in [0.3, 0.4) is 0 Å². The van der Waals surface area contributed by atoms with E-state index >= 15 is 0 Å². The molecule has 3 nitrogen and oxygen atoms in total. The van der Waals surface area contributed by atoms with Crippen LogP contribution in [-0.4, -0.2) is 22.8 Å². The van der Waals surface area contributed by atoms with Crippen molar-refractivity contribution in [2.45, 2.75) is 12.5 Å². The fraction of sp³-hybridized carbons (Fsp3) is 0.273. The van der Waals surface area contributed by atoms with Gasteiger partial charge in [0.1, 0.15) is 0 Å². The molecule has 0 aliphatic carbocycles. The Morgan fingerprint density at radius 2 is 2.19 bits per heavy atom. The SMILES string of the molecule is O=C(NC1CCSC1=O)c1ccccc1Cl. The van der Waals surface area contributed by atoms with Crippen molar-refractivity contribution >= 4 is 34.4 Å². The Kier molecular flexibility index (Phi) is 3.51. The lowest BCUT2D eigenvalue weighted by molar-refractivity contribution is -0.112. The van der Waals surface area contributed by atoms with Gasteiger partial charge in [-0.25, -0.2) is 0 Å². The minimum absolute atomic E-state index is 0.0282. The van der Waals surface area contributed by atoms with Crippen molar-refractivity contribution < 1.29 is 9.59 Å². The Balaban J connectivity index is 2.09. The van der Waals surface area contributed by atoms with Gasteiger partial charge in [-0.15, -0.1) is 0 Å². The Morgan fingerprint density at radius 1 is 1.44 bits per heavy atom. The summed E-state index contributed by atoms with van der Waals surface area (Å²) < 4.78 is 0. The van der Waals surface area contributed by atoms with E-state index in [1.165, 1.54) is 11.8 Å². The molecule has 0 spiro atoms. The summed E-state index contributed by atoms with van der Waals surface area (Å²) in [7, 11) is 0. The monoisotopic (exact) mass is 255 g/mol. The van der Waals surface area contributed by atoms with Crippen molar-refractivity contribution in [3.8, 4) is 0 Å². The normalized spacial score (nSPS) is 19.8. The quantitative estimate of drug-likeness (QED) is 0.880. The van der Waals surface area contributed by atoms with Gasteiger partial charge in [0.25, 0.3) is 5.91 Å². The van der Waals surface area contributed by atoms with Gasteiger partial charge in [0.05, 0.1) is 16.6 Å². The van der Waals surface area contributed by atoms with Gasteiger partial charge in [0.15, 0.2) is 0 Å². The second-order valence-corrected chi connectivity index (χ2v) is 4.97. The van der Waals surface area contributed by atoms with Crippen LogP contribution in [0.25, 0.3) is 0 Å². The molecule has 1 heterocycles. The van der Waals surface area contributed by atoms with E-state index in [1.807, 2.05) is 0 Å². The largest absolute Gasteiger partial charge is 0.341 e. The lowest BCUT2D eigenvalue weighted by Crippen LogP contribution is -2.37. The minimum Gasteiger partial charge on any atom is -0.341 e. The molecule has 5 heteroatoms. The van der Waals surface area contributed by atoms with E-state index in [9.17, 15) is 9.59 Å². The van der Waals surface area contributed by atoms with Crippen LogP contribution in [0.15, 0.2) is 24.3 Å². The van der Waals surface area contributed by atoms with Crippen LogP contribution < -0.4 is 5.32 Å². The van der Waals surface area contributed by atoms with Crippen LogP contribution in [0, 0.1) is 0 Å². The summed E-state index contributed by atoms with van der Waals surface area (Å²) in [5.74, 6) is 0.484. The average Bonchev–Trinajstić information content (AvgIpc) is 2.65. The molecule has 1 amide bonds. The van der Waals surface area contributed by atoms with Crippen LogP contribution in [0.2, 0.25) is 5.02 Å².